The van der Waals surface area contributed by atoms with Gasteiger partial charge in [0.25, 0.3) is 10.0 Å². The fraction of sp³-hybridized carbons (Fsp3) is 0.0625. The van der Waals surface area contributed by atoms with Gasteiger partial charge in [-0.3, -0.25) is 0 Å². The summed E-state index contributed by atoms with van der Waals surface area (Å²) in [5, 5.41) is 9.99. The molecule has 0 aliphatic heterocycles. The summed E-state index contributed by atoms with van der Waals surface area (Å²) in [6, 6.07) is 14.4. The van der Waals surface area contributed by atoms with Gasteiger partial charge in [-0.15, -0.1) is 11.8 Å². The highest BCUT2D eigenvalue weighted by atomic mass is 32.2. The second-order valence-electron chi connectivity index (χ2n) is 4.84. The van der Waals surface area contributed by atoms with Gasteiger partial charge >= 0.3 is 5.97 Å². The third kappa shape index (κ3) is 2.62. The van der Waals surface area contributed by atoms with Gasteiger partial charge in [0.2, 0.25) is 0 Å². The molecule has 0 spiro atoms. The number of hydrogen-bond donors (Lipinski definition) is 1. The minimum Gasteiger partial charge on any atom is -0.477 e. The molecule has 0 aliphatic carbocycles. The van der Waals surface area contributed by atoms with Gasteiger partial charge in [0.05, 0.1) is 10.4 Å². The molecule has 0 fully saturated rings. The number of hydrogen-bond acceptors (Lipinski definition) is 4. The molecule has 7 heteroatoms. The van der Waals surface area contributed by atoms with Crippen LogP contribution < -0.4 is 0 Å². The van der Waals surface area contributed by atoms with Crippen molar-refractivity contribution in [2.75, 3.05) is 6.26 Å². The van der Waals surface area contributed by atoms with Gasteiger partial charge < -0.3 is 5.11 Å². The number of thioether (sulfide) groups is 1. The number of aromatic nitrogens is 1. The zero-order valence-corrected chi connectivity index (χ0v) is 13.8. The van der Waals surface area contributed by atoms with Crippen molar-refractivity contribution < 1.29 is 18.3 Å². The molecule has 1 heterocycles. The average molecular weight is 347 g/mol. The molecule has 5 nitrogen and oxygen atoms in total. The van der Waals surface area contributed by atoms with Crippen molar-refractivity contribution in [1.82, 2.24) is 3.97 Å². The molecular weight excluding hydrogens is 334 g/mol. The molecule has 118 valence electrons. The molecule has 0 amide bonds. The monoisotopic (exact) mass is 347 g/mol. The SMILES string of the molecule is CSc1ccc2c(c1)cc(C(=O)O)n2S(=O)(=O)c1ccccc1. The Hall–Kier alpha value is -2.25. The molecule has 0 radical (unpaired) electrons. The maximum absolute atomic E-state index is 12.9. The summed E-state index contributed by atoms with van der Waals surface area (Å²) in [5.74, 6) is -1.29. The maximum Gasteiger partial charge on any atom is 0.353 e. The minimum absolute atomic E-state index is 0.0499. The van der Waals surface area contributed by atoms with Crippen molar-refractivity contribution in [3.05, 3.63) is 60.3 Å². The first-order valence-electron chi connectivity index (χ1n) is 6.68. The number of rotatable bonds is 4. The smallest absolute Gasteiger partial charge is 0.353 e. The van der Waals surface area contributed by atoms with E-state index < -0.39 is 16.0 Å². The van der Waals surface area contributed by atoms with Gasteiger partial charge in [0.15, 0.2) is 0 Å². The molecule has 0 saturated carbocycles. The van der Waals surface area contributed by atoms with Gasteiger partial charge in [-0.1, -0.05) is 18.2 Å². The first-order valence-corrected chi connectivity index (χ1v) is 9.35. The molecule has 3 rings (SSSR count). The number of nitrogens with zero attached hydrogens (tertiary/aromatic N) is 1. The summed E-state index contributed by atoms with van der Waals surface area (Å²) in [6.45, 7) is 0. The highest BCUT2D eigenvalue weighted by Gasteiger charge is 2.26. The van der Waals surface area contributed by atoms with Crippen LogP contribution in [0.15, 0.2) is 64.4 Å². The van der Waals surface area contributed by atoms with Gasteiger partial charge in [-0.05, 0) is 42.7 Å². The van der Waals surface area contributed by atoms with Crippen LogP contribution in [-0.4, -0.2) is 29.7 Å². The molecular formula is C16H13NO4S2. The van der Waals surface area contributed by atoms with Crippen LogP contribution in [-0.2, 0) is 10.0 Å². The molecule has 1 N–H and O–H groups in total. The highest BCUT2D eigenvalue weighted by molar-refractivity contribution is 7.98. The van der Waals surface area contributed by atoms with E-state index in [2.05, 4.69) is 0 Å². The van der Waals surface area contributed by atoms with E-state index in [1.54, 1.807) is 36.4 Å². The number of aromatic carboxylic acids is 1. The molecule has 0 atom stereocenters. The molecule has 0 unspecified atom stereocenters. The van der Waals surface area contributed by atoms with E-state index in [-0.39, 0.29) is 10.6 Å². The number of benzene rings is 2. The number of carboxylic acids is 1. The van der Waals surface area contributed by atoms with Crippen molar-refractivity contribution in [3.63, 3.8) is 0 Å². The summed E-state index contributed by atoms with van der Waals surface area (Å²) in [4.78, 5) is 12.5. The van der Waals surface area contributed by atoms with Crippen LogP contribution in [0.5, 0.6) is 0 Å². The first-order chi connectivity index (χ1) is 10.9. The first kappa shape index (κ1) is 15.6. The molecule has 0 saturated heterocycles. The Labute approximate surface area is 137 Å². The Morgan fingerprint density at radius 3 is 2.39 bits per heavy atom. The summed E-state index contributed by atoms with van der Waals surface area (Å²) < 4.78 is 26.7. The van der Waals surface area contributed by atoms with E-state index in [9.17, 15) is 18.3 Å². The lowest BCUT2D eigenvalue weighted by molar-refractivity contribution is 0.0689. The Kier molecular flexibility index (Phi) is 3.91. The van der Waals surface area contributed by atoms with E-state index in [4.69, 9.17) is 0 Å². The average Bonchev–Trinajstić information content (AvgIpc) is 2.95. The van der Waals surface area contributed by atoms with Crippen molar-refractivity contribution in [2.45, 2.75) is 9.79 Å². The molecule has 23 heavy (non-hydrogen) atoms. The van der Waals surface area contributed by atoms with Crippen LogP contribution in [0.2, 0.25) is 0 Å². The lowest BCUT2D eigenvalue weighted by atomic mass is 10.2. The van der Waals surface area contributed by atoms with E-state index in [0.717, 1.165) is 8.87 Å². The quantitative estimate of drug-likeness (QED) is 0.733. The largest absolute Gasteiger partial charge is 0.477 e. The summed E-state index contributed by atoms with van der Waals surface area (Å²) in [6.07, 6.45) is 1.90. The lowest BCUT2D eigenvalue weighted by Crippen LogP contribution is -2.18. The number of fused-ring (bicyclic) bond motifs is 1. The van der Waals surface area contributed by atoms with Crippen LogP contribution in [0, 0.1) is 0 Å². The van der Waals surface area contributed by atoms with E-state index in [1.807, 2.05) is 6.26 Å². The minimum atomic E-state index is -3.99. The molecule has 3 aromatic rings. The fourth-order valence-corrected chi connectivity index (χ4v) is 4.38. The van der Waals surface area contributed by atoms with Gasteiger partial charge in [-0.2, -0.15) is 0 Å². The lowest BCUT2D eigenvalue weighted by Gasteiger charge is -2.10. The summed E-state index contributed by atoms with van der Waals surface area (Å²) in [5.41, 5.74) is 0.0751. The Morgan fingerprint density at radius 2 is 1.78 bits per heavy atom. The fourth-order valence-electron chi connectivity index (χ4n) is 2.40. The van der Waals surface area contributed by atoms with Crippen molar-refractivity contribution in [3.8, 4) is 0 Å². The van der Waals surface area contributed by atoms with Crippen LogP contribution in [0.4, 0.5) is 0 Å². The topological polar surface area (TPSA) is 76.4 Å². The van der Waals surface area contributed by atoms with E-state index >= 15 is 0 Å². The predicted octanol–water partition coefficient (Wildman–Crippen LogP) is 3.30. The van der Waals surface area contributed by atoms with Crippen molar-refractivity contribution >= 4 is 38.7 Å². The zero-order valence-electron chi connectivity index (χ0n) is 12.1. The highest BCUT2D eigenvalue weighted by Crippen LogP contribution is 2.28. The Morgan fingerprint density at radius 1 is 1.09 bits per heavy atom. The maximum atomic E-state index is 12.9. The zero-order chi connectivity index (χ0) is 16.6. The van der Waals surface area contributed by atoms with Gasteiger partial charge in [0, 0.05) is 10.3 Å². The Balaban J connectivity index is 2.36. The third-order valence-corrected chi connectivity index (χ3v) is 5.93. The standard InChI is InChI=1S/C16H13NO4S2/c1-22-12-7-8-14-11(9-12)10-15(16(18)19)17(14)23(20,21)13-5-3-2-4-6-13/h2-10H,1H3,(H,18,19). The Bertz CT molecular complexity index is 992. The predicted molar refractivity (Wildman–Crippen MR) is 89.7 cm³/mol. The van der Waals surface area contributed by atoms with Crippen molar-refractivity contribution in [1.29, 1.82) is 0 Å². The molecule has 1 aromatic heterocycles. The van der Waals surface area contributed by atoms with Crippen LogP contribution in [0.25, 0.3) is 10.9 Å². The van der Waals surface area contributed by atoms with E-state index in [0.29, 0.717) is 10.9 Å². The van der Waals surface area contributed by atoms with Crippen LogP contribution in [0.1, 0.15) is 10.5 Å². The third-order valence-electron chi connectivity index (χ3n) is 3.47. The molecule has 0 aliphatic rings. The second-order valence-corrected chi connectivity index (χ2v) is 7.51. The molecule has 0 bridgehead atoms. The molecule has 2 aromatic carbocycles. The summed E-state index contributed by atoms with van der Waals surface area (Å²) in [7, 11) is -3.99. The van der Waals surface area contributed by atoms with Gasteiger partial charge in [0.1, 0.15) is 5.69 Å². The number of carboxylic acid groups (broad SMARTS) is 1. The van der Waals surface area contributed by atoms with E-state index in [1.165, 1.54) is 30.0 Å². The van der Waals surface area contributed by atoms with Crippen LogP contribution >= 0.6 is 11.8 Å². The summed E-state index contributed by atoms with van der Waals surface area (Å²) >= 11 is 1.50. The second kappa shape index (κ2) is 5.75. The van der Waals surface area contributed by atoms with Crippen LogP contribution in [0.3, 0.4) is 0 Å². The van der Waals surface area contributed by atoms with Gasteiger partial charge in [-0.25, -0.2) is 17.2 Å². The number of carbonyl (C=O) groups is 1. The van der Waals surface area contributed by atoms with Crippen molar-refractivity contribution in [2.24, 2.45) is 0 Å². The normalized spacial score (nSPS) is 11.7.